The minimum atomic E-state index is 0. The van der Waals surface area contributed by atoms with Gasteiger partial charge < -0.3 is 15.3 Å². The van der Waals surface area contributed by atoms with Gasteiger partial charge in [-0.05, 0) is 19.3 Å². The molecule has 0 atom stereocenters. The van der Waals surface area contributed by atoms with E-state index in [1.165, 1.54) is 0 Å². The monoisotopic (exact) mass is 367 g/mol. The van der Waals surface area contributed by atoms with Gasteiger partial charge in [0, 0.05) is 60.2 Å². The maximum absolute atomic E-state index is 8.07. The summed E-state index contributed by atoms with van der Waals surface area (Å²) >= 11 is 0. The molecule has 0 aromatic rings. The summed E-state index contributed by atoms with van der Waals surface area (Å²) in [6.45, 7) is 7.19. The largest absolute Gasteiger partial charge is 0.396 e. The third-order valence-electron chi connectivity index (χ3n) is 1.54. The first-order valence-electron chi connectivity index (χ1n) is 6.07. The van der Waals surface area contributed by atoms with Crippen LogP contribution >= 0.6 is 0 Å². The van der Waals surface area contributed by atoms with E-state index in [9.17, 15) is 0 Å². The number of rotatable bonds is 6. The molecule has 0 rings (SSSR count). The first-order chi connectivity index (χ1) is 7.24. The van der Waals surface area contributed by atoms with Gasteiger partial charge in [0.05, 0.1) is 0 Å². The molecule has 0 saturated heterocycles. The molecule has 0 aromatic carbocycles. The third-order valence-corrected chi connectivity index (χ3v) is 1.54. The zero-order valence-corrected chi connectivity index (χ0v) is 14.0. The van der Waals surface area contributed by atoms with Crippen LogP contribution in [0, 0.1) is 40.4 Å². The zero-order valence-electron chi connectivity index (χ0n) is 11.2. The van der Waals surface area contributed by atoms with Crippen LogP contribution in [0.1, 0.15) is 59.3 Å². The fourth-order valence-corrected chi connectivity index (χ4v) is 0.474. The molecule has 0 amide bonds. The number of hydrogen-bond acceptors (Lipinski definition) is 3. The van der Waals surface area contributed by atoms with Crippen LogP contribution < -0.4 is 0 Å². The van der Waals surface area contributed by atoms with Crippen molar-refractivity contribution in [3.63, 3.8) is 0 Å². The Morgan fingerprint density at radius 2 is 0.750 bits per heavy atom. The summed E-state index contributed by atoms with van der Waals surface area (Å²) in [6, 6.07) is 0. The molecule has 3 nitrogen and oxygen atoms in total. The van der Waals surface area contributed by atoms with Crippen molar-refractivity contribution in [1.29, 1.82) is 0 Å². The zero-order chi connectivity index (χ0) is 12.4. The first kappa shape index (κ1) is 25.9. The summed E-state index contributed by atoms with van der Waals surface area (Å²) in [4.78, 5) is 0. The molecule has 0 spiro atoms. The van der Waals surface area contributed by atoms with Crippen LogP contribution in [0.4, 0.5) is 0 Å². The van der Waals surface area contributed by atoms with Gasteiger partial charge in [-0.2, -0.15) is 0 Å². The van der Waals surface area contributed by atoms with Crippen molar-refractivity contribution in [2.24, 2.45) is 0 Å². The standard InChI is InChI=1S/3C4H10O.Pm/c3*1-2-3-4-5;/h3*5H,2-4H2,1H3;. The summed E-state index contributed by atoms with van der Waals surface area (Å²) < 4.78 is 0. The smallest absolute Gasteiger partial charge is 0.0430 e. The van der Waals surface area contributed by atoms with E-state index in [1.807, 2.05) is 0 Å². The molecule has 0 heterocycles. The van der Waals surface area contributed by atoms with Crippen LogP contribution in [-0.2, 0) is 0 Å². The van der Waals surface area contributed by atoms with Gasteiger partial charge in [-0.25, -0.2) is 0 Å². The van der Waals surface area contributed by atoms with E-state index < -0.39 is 0 Å². The third kappa shape index (κ3) is 59.0. The summed E-state index contributed by atoms with van der Waals surface area (Å²) in [5.41, 5.74) is 0. The molecule has 1 radical (unpaired) electrons. The Bertz CT molecular complexity index is 53.0. The quantitative estimate of drug-likeness (QED) is 0.675. The molecule has 3 N–H and O–H groups in total. The van der Waals surface area contributed by atoms with Crippen molar-refractivity contribution in [1.82, 2.24) is 0 Å². The molecule has 101 valence electrons. The van der Waals surface area contributed by atoms with Gasteiger partial charge in [0.2, 0.25) is 0 Å². The topological polar surface area (TPSA) is 60.7 Å². The van der Waals surface area contributed by atoms with Crippen LogP contribution in [-0.4, -0.2) is 35.1 Å². The predicted octanol–water partition coefficient (Wildman–Crippen LogP) is 2.34. The van der Waals surface area contributed by atoms with E-state index in [0.29, 0.717) is 19.8 Å². The van der Waals surface area contributed by atoms with Gasteiger partial charge in [-0.3, -0.25) is 0 Å². The molecule has 0 aliphatic carbocycles. The molecule has 0 aliphatic heterocycles. The van der Waals surface area contributed by atoms with Gasteiger partial charge >= 0.3 is 0 Å². The molecule has 16 heavy (non-hydrogen) atoms. The second-order valence-electron chi connectivity index (χ2n) is 3.23. The predicted molar refractivity (Wildman–Crippen MR) is 66.0 cm³/mol. The molecular weight excluding hydrogens is 337 g/mol. The normalized spacial score (nSPS) is 7.88. The molecule has 0 aromatic heterocycles. The van der Waals surface area contributed by atoms with Crippen molar-refractivity contribution >= 4 is 0 Å². The average molecular weight is 367 g/mol. The van der Waals surface area contributed by atoms with E-state index in [1.54, 1.807) is 0 Å². The van der Waals surface area contributed by atoms with E-state index in [0.717, 1.165) is 38.5 Å². The molecular formula is C12H30O3Pm. The summed E-state index contributed by atoms with van der Waals surface area (Å²) in [7, 11) is 0. The van der Waals surface area contributed by atoms with E-state index >= 15 is 0 Å². The molecule has 0 unspecified atom stereocenters. The molecule has 4 heteroatoms. The second-order valence-corrected chi connectivity index (χ2v) is 3.23. The number of aliphatic hydroxyl groups is 3. The minimum Gasteiger partial charge on any atom is -0.396 e. The SMILES string of the molecule is CCCCO.CCCCO.CCCCO.[Pm]. The number of unbranched alkanes of at least 4 members (excludes halogenated alkanes) is 3. The van der Waals surface area contributed by atoms with Crippen LogP contribution in [0.15, 0.2) is 0 Å². The second kappa shape index (κ2) is 36.0. The van der Waals surface area contributed by atoms with Crippen LogP contribution in [0.3, 0.4) is 0 Å². The average Bonchev–Trinajstić information content (AvgIpc) is 2.23. The van der Waals surface area contributed by atoms with Crippen LogP contribution in [0.2, 0.25) is 0 Å². The number of hydrogen-bond donors (Lipinski definition) is 3. The van der Waals surface area contributed by atoms with E-state index in [2.05, 4.69) is 20.8 Å². The van der Waals surface area contributed by atoms with Gasteiger partial charge in [0.1, 0.15) is 0 Å². The Labute approximate surface area is 134 Å². The van der Waals surface area contributed by atoms with Crippen molar-refractivity contribution in [3.05, 3.63) is 0 Å². The van der Waals surface area contributed by atoms with Crippen molar-refractivity contribution in [2.45, 2.75) is 59.3 Å². The fraction of sp³-hybridized carbons (Fsp3) is 1.00. The number of aliphatic hydroxyl groups excluding tert-OH is 3. The van der Waals surface area contributed by atoms with Gasteiger partial charge in [-0.15, -0.1) is 0 Å². The Morgan fingerprint density at radius 1 is 0.562 bits per heavy atom. The van der Waals surface area contributed by atoms with Crippen molar-refractivity contribution in [2.75, 3.05) is 19.8 Å². The van der Waals surface area contributed by atoms with Gasteiger partial charge in [-0.1, -0.05) is 40.0 Å². The molecule has 0 aliphatic rings. The summed E-state index contributed by atoms with van der Waals surface area (Å²) in [5.74, 6) is 0. The van der Waals surface area contributed by atoms with Crippen LogP contribution in [0.5, 0.6) is 0 Å². The van der Waals surface area contributed by atoms with Crippen LogP contribution in [0.25, 0.3) is 0 Å². The first-order valence-corrected chi connectivity index (χ1v) is 6.07. The van der Waals surface area contributed by atoms with Crippen molar-refractivity contribution < 1.29 is 55.7 Å². The molecule has 0 fully saturated rings. The van der Waals surface area contributed by atoms with E-state index in [4.69, 9.17) is 15.3 Å². The Balaban J connectivity index is -0.0000000655. The maximum atomic E-state index is 8.07. The Morgan fingerprint density at radius 3 is 0.750 bits per heavy atom. The fourth-order valence-electron chi connectivity index (χ4n) is 0.474. The van der Waals surface area contributed by atoms with Crippen molar-refractivity contribution in [3.8, 4) is 0 Å². The Kier molecular flexibility index (Phi) is 58.3. The summed E-state index contributed by atoms with van der Waals surface area (Å²) in [5, 5.41) is 24.2. The maximum Gasteiger partial charge on any atom is 0.0430 e. The van der Waals surface area contributed by atoms with E-state index in [-0.39, 0.29) is 40.4 Å². The van der Waals surface area contributed by atoms with Gasteiger partial charge in [0.15, 0.2) is 0 Å². The Hall–Kier alpha value is 1.22. The minimum absolute atomic E-state index is 0. The molecule has 0 bridgehead atoms. The summed E-state index contributed by atoms with van der Waals surface area (Å²) in [6.07, 6.45) is 6.11. The molecule has 0 saturated carbocycles. The van der Waals surface area contributed by atoms with Gasteiger partial charge in [0.25, 0.3) is 0 Å².